The predicted molar refractivity (Wildman–Crippen MR) is 90.6 cm³/mol. The van der Waals surface area contributed by atoms with Gasteiger partial charge in [-0.1, -0.05) is 36.0 Å². The van der Waals surface area contributed by atoms with Gasteiger partial charge >= 0.3 is 7.67 Å². The highest BCUT2D eigenvalue weighted by Gasteiger charge is 2.43. The van der Waals surface area contributed by atoms with Gasteiger partial charge in [-0.3, -0.25) is 4.57 Å². The summed E-state index contributed by atoms with van der Waals surface area (Å²) >= 11 is 12.4. The first-order valence-electron chi connectivity index (χ1n) is 8.03. The van der Waals surface area contributed by atoms with E-state index in [2.05, 4.69) is 9.97 Å². The molecule has 2 aliphatic heterocycles. The third kappa shape index (κ3) is 3.58. The van der Waals surface area contributed by atoms with Crippen molar-refractivity contribution in [1.29, 1.82) is 0 Å². The van der Waals surface area contributed by atoms with Gasteiger partial charge in [0.1, 0.15) is 16.6 Å². The minimum absolute atomic E-state index is 0.264. The van der Waals surface area contributed by atoms with E-state index in [9.17, 15) is 9.46 Å². The van der Waals surface area contributed by atoms with E-state index in [4.69, 9.17) is 23.2 Å². The summed E-state index contributed by atoms with van der Waals surface area (Å²) in [6, 6.07) is -0.317. The van der Waals surface area contributed by atoms with Gasteiger partial charge in [0.2, 0.25) is 0 Å². The van der Waals surface area contributed by atoms with Gasteiger partial charge in [-0.2, -0.15) is 0 Å². The molecule has 0 bridgehead atoms. The fourth-order valence-corrected chi connectivity index (χ4v) is 6.14. The lowest BCUT2D eigenvalue weighted by Crippen LogP contribution is -2.39. The number of aromatic nitrogens is 2. The molecule has 2 fully saturated rings. The Morgan fingerprint density at radius 1 is 1.04 bits per heavy atom. The lowest BCUT2D eigenvalue weighted by Gasteiger charge is -2.43. The van der Waals surface area contributed by atoms with Gasteiger partial charge in [0, 0.05) is 25.2 Å². The van der Waals surface area contributed by atoms with Gasteiger partial charge < -0.3 is 4.89 Å². The fraction of sp³-hybridized carbons (Fsp3) is 0.714. The lowest BCUT2D eigenvalue weighted by atomic mass is 10.00. The van der Waals surface area contributed by atoms with Gasteiger partial charge in [-0.25, -0.2) is 19.3 Å². The SMILES string of the molecule is O=P(O)(N1CCCCC1)N1CCCCC1c1c(Cl)ncnc1Cl. The highest BCUT2D eigenvalue weighted by molar-refractivity contribution is 7.52. The molecule has 6 nitrogen and oxygen atoms in total. The van der Waals surface area contributed by atoms with Crippen molar-refractivity contribution in [3.8, 4) is 0 Å². The Labute approximate surface area is 146 Å². The normalized spacial score (nSPS) is 26.8. The Bertz CT molecular complexity index is 592. The quantitative estimate of drug-likeness (QED) is 0.635. The summed E-state index contributed by atoms with van der Waals surface area (Å²) < 4.78 is 16.6. The predicted octanol–water partition coefficient (Wildman–Crippen LogP) is 3.90. The summed E-state index contributed by atoms with van der Waals surface area (Å²) in [6.07, 6.45) is 6.92. The maximum absolute atomic E-state index is 13.2. The maximum atomic E-state index is 13.2. The number of piperidine rings is 2. The third-order valence-corrected chi connectivity index (χ3v) is 7.52. The van der Waals surface area contributed by atoms with Crippen LogP contribution in [-0.2, 0) is 4.57 Å². The zero-order valence-corrected chi connectivity index (χ0v) is 15.3. The van der Waals surface area contributed by atoms with Crippen LogP contribution in [0.4, 0.5) is 0 Å². The molecular weight excluding hydrogens is 358 g/mol. The standard InChI is InChI=1S/C14H21Cl2N4O2P/c15-13-12(14(16)18-10-17-13)11-6-2-5-9-20(11)23(21,22)19-7-3-1-4-8-19/h10-11H,1-9H2,(H,21,22). The number of rotatable bonds is 3. The molecule has 0 radical (unpaired) electrons. The molecule has 0 amide bonds. The second-order valence-corrected chi connectivity index (χ2v) is 8.89. The number of hydrogen-bond donors (Lipinski definition) is 1. The van der Waals surface area contributed by atoms with Crippen LogP contribution in [0.25, 0.3) is 0 Å². The van der Waals surface area contributed by atoms with E-state index in [1.807, 2.05) is 0 Å². The topological polar surface area (TPSA) is 69.6 Å². The van der Waals surface area contributed by atoms with Crippen LogP contribution in [0.15, 0.2) is 6.33 Å². The van der Waals surface area contributed by atoms with E-state index >= 15 is 0 Å². The summed E-state index contributed by atoms with van der Waals surface area (Å²) in [5, 5.41) is 0.529. The minimum Gasteiger partial charge on any atom is -0.322 e. The van der Waals surface area contributed by atoms with Crippen molar-refractivity contribution < 1.29 is 9.46 Å². The van der Waals surface area contributed by atoms with E-state index < -0.39 is 7.67 Å². The van der Waals surface area contributed by atoms with Crippen LogP contribution in [-0.4, -0.2) is 43.8 Å². The molecule has 1 N–H and O–H groups in total. The van der Waals surface area contributed by atoms with Crippen LogP contribution in [0, 0.1) is 0 Å². The number of hydrogen-bond acceptors (Lipinski definition) is 3. The van der Waals surface area contributed by atoms with Crippen LogP contribution >= 0.6 is 30.9 Å². The van der Waals surface area contributed by atoms with Crippen LogP contribution in [0.2, 0.25) is 10.3 Å². The molecule has 1 aromatic rings. The van der Waals surface area contributed by atoms with Crippen LogP contribution in [0.5, 0.6) is 0 Å². The zero-order valence-electron chi connectivity index (χ0n) is 12.9. The first kappa shape index (κ1) is 17.6. The van der Waals surface area contributed by atoms with Crippen molar-refractivity contribution in [2.75, 3.05) is 19.6 Å². The third-order valence-electron chi connectivity index (χ3n) is 4.63. The van der Waals surface area contributed by atoms with Crippen molar-refractivity contribution >= 4 is 30.9 Å². The van der Waals surface area contributed by atoms with Crippen molar-refractivity contribution in [2.24, 2.45) is 0 Å². The molecular formula is C14H21Cl2N4O2P. The summed E-state index contributed by atoms with van der Waals surface area (Å²) in [7, 11) is -3.61. The largest absolute Gasteiger partial charge is 0.344 e. The fourth-order valence-electron chi connectivity index (χ4n) is 3.45. The highest BCUT2D eigenvalue weighted by atomic mass is 35.5. The van der Waals surface area contributed by atoms with E-state index in [-0.39, 0.29) is 16.3 Å². The molecule has 23 heavy (non-hydrogen) atoms. The zero-order chi connectivity index (χ0) is 16.4. The monoisotopic (exact) mass is 378 g/mol. The molecule has 2 unspecified atom stereocenters. The van der Waals surface area contributed by atoms with Crippen molar-refractivity contribution in [1.82, 2.24) is 19.3 Å². The highest BCUT2D eigenvalue weighted by Crippen LogP contribution is 2.57. The average Bonchev–Trinajstić information content (AvgIpc) is 2.56. The maximum Gasteiger partial charge on any atom is 0.344 e. The molecule has 0 aromatic carbocycles. The van der Waals surface area contributed by atoms with Gasteiger partial charge in [0.15, 0.2) is 0 Å². The molecule has 0 aliphatic carbocycles. The molecule has 2 saturated heterocycles. The van der Waals surface area contributed by atoms with Crippen molar-refractivity contribution in [2.45, 2.75) is 44.6 Å². The molecule has 0 spiro atoms. The molecule has 1 aromatic heterocycles. The second kappa shape index (κ2) is 7.34. The Kier molecular flexibility index (Phi) is 5.61. The van der Waals surface area contributed by atoms with E-state index in [0.29, 0.717) is 25.2 Å². The Morgan fingerprint density at radius 2 is 1.65 bits per heavy atom. The molecule has 3 rings (SSSR count). The molecule has 0 saturated carbocycles. The van der Waals surface area contributed by atoms with E-state index in [1.54, 1.807) is 9.34 Å². The summed E-state index contributed by atoms with van der Waals surface area (Å²) in [4.78, 5) is 18.9. The second-order valence-electron chi connectivity index (χ2n) is 6.07. The van der Waals surface area contributed by atoms with Crippen LogP contribution in [0.3, 0.4) is 0 Å². The molecule has 2 aliphatic rings. The van der Waals surface area contributed by atoms with Gasteiger partial charge in [0.25, 0.3) is 0 Å². The Morgan fingerprint density at radius 3 is 2.30 bits per heavy atom. The Balaban J connectivity index is 1.94. The minimum atomic E-state index is -3.61. The Hall–Kier alpha value is -0.230. The van der Waals surface area contributed by atoms with Crippen LogP contribution in [0.1, 0.15) is 50.1 Å². The van der Waals surface area contributed by atoms with E-state index in [1.165, 1.54) is 6.33 Å². The molecule has 3 heterocycles. The van der Waals surface area contributed by atoms with Crippen LogP contribution < -0.4 is 0 Å². The first-order chi connectivity index (χ1) is 11.0. The number of nitrogens with zero attached hydrogens (tertiary/aromatic N) is 4. The summed E-state index contributed by atoms with van der Waals surface area (Å²) in [5.74, 6) is 0. The van der Waals surface area contributed by atoms with Gasteiger partial charge in [0.05, 0.1) is 6.04 Å². The molecule has 128 valence electrons. The summed E-state index contributed by atoms with van der Waals surface area (Å²) in [6.45, 7) is 1.87. The molecule has 2 atom stereocenters. The molecule has 9 heteroatoms. The summed E-state index contributed by atoms with van der Waals surface area (Å²) in [5.41, 5.74) is 0.571. The number of halogens is 2. The lowest BCUT2D eigenvalue weighted by molar-refractivity contribution is 0.184. The van der Waals surface area contributed by atoms with Crippen molar-refractivity contribution in [3.05, 3.63) is 22.2 Å². The van der Waals surface area contributed by atoms with Gasteiger partial charge in [-0.15, -0.1) is 0 Å². The van der Waals surface area contributed by atoms with Gasteiger partial charge in [-0.05, 0) is 25.7 Å². The smallest absolute Gasteiger partial charge is 0.322 e. The average molecular weight is 379 g/mol. The van der Waals surface area contributed by atoms with E-state index in [0.717, 1.165) is 38.5 Å². The first-order valence-corrected chi connectivity index (χ1v) is 10.3. The van der Waals surface area contributed by atoms with Crippen molar-refractivity contribution in [3.63, 3.8) is 0 Å².